The van der Waals surface area contributed by atoms with Gasteiger partial charge in [0.25, 0.3) is 5.91 Å². The molecule has 4 heterocycles. The summed E-state index contributed by atoms with van der Waals surface area (Å²) < 4.78 is 1.76. The highest BCUT2D eigenvalue weighted by atomic mass is 16.2. The molecule has 1 aromatic heterocycles. The lowest BCUT2D eigenvalue weighted by molar-refractivity contribution is -0.136. The molecule has 1 atom stereocenters. The third-order valence-corrected chi connectivity index (χ3v) is 6.25. The SMILES string of the molecule is Cn1ncnc1C1(NCc2cccc3c2C(=O)N(C2CCC(=O)NC2=O)C3)CNC1. The number of aromatic nitrogens is 3. The molecule has 3 aliphatic rings. The van der Waals surface area contributed by atoms with Crippen molar-refractivity contribution in [2.75, 3.05) is 13.1 Å². The van der Waals surface area contributed by atoms with Crippen molar-refractivity contribution in [2.45, 2.75) is 37.5 Å². The minimum atomic E-state index is -0.607. The first-order chi connectivity index (χ1) is 14.5. The fourth-order valence-electron chi connectivity index (χ4n) is 4.57. The number of carbonyl (C=O) groups is 3. The molecule has 10 nitrogen and oxygen atoms in total. The molecule has 2 saturated heterocycles. The lowest BCUT2D eigenvalue weighted by Crippen LogP contribution is -2.65. The fourth-order valence-corrected chi connectivity index (χ4v) is 4.57. The molecule has 0 spiro atoms. The maximum atomic E-state index is 13.2. The molecule has 2 aromatic rings. The summed E-state index contributed by atoms with van der Waals surface area (Å²) in [7, 11) is 1.87. The number of benzene rings is 1. The Bertz CT molecular complexity index is 1040. The van der Waals surface area contributed by atoms with Gasteiger partial charge in [0.1, 0.15) is 23.7 Å². The molecule has 3 aliphatic heterocycles. The Morgan fingerprint density at radius 1 is 1.27 bits per heavy atom. The van der Waals surface area contributed by atoms with Gasteiger partial charge in [0, 0.05) is 45.2 Å². The summed E-state index contributed by atoms with van der Waals surface area (Å²) in [6.45, 7) is 2.33. The first kappa shape index (κ1) is 18.9. The Morgan fingerprint density at radius 2 is 2.10 bits per heavy atom. The molecule has 0 bridgehead atoms. The van der Waals surface area contributed by atoms with E-state index in [4.69, 9.17) is 0 Å². The Labute approximate surface area is 173 Å². The third-order valence-electron chi connectivity index (χ3n) is 6.25. The number of carbonyl (C=O) groups excluding carboxylic acids is 3. The molecule has 2 fully saturated rings. The standard InChI is InChI=1S/C20H23N7O3/c1-26-19(22-11-24-26)20(9-21-10-20)23-7-12-3-2-4-13-8-27(18(30)16(12)13)14-5-6-15(28)25-17(14)29/h2-4,11,14,21,23H,5-10H2,1H3,(H,25,28,29). The van der Waals surface area contributed by atoms with Crippen LogP contribution in [0.3, 0.4) is 0 Å². The maximum absolute atomic E-state index is 13.2. The molecule has 5 rings (SSSR count). The maximum Gasteiger partial charge on any atom is 0.255 e. The lowest BCUT2D eigenvalue weighted by Gasteiger charge is -2.42. The number of rotatable bonds is 5. The Hall–Kier alpha value is -3.11. The summed E-state index contributed by atoms with van der Waals surface area (Å²) in [5.41, 5.74) is 2.11. The number of piperidine rings is 1. The topological polar surface area (TPSA) is 121 Å². The van der Waals surface area contributed by atoms with Crippen LogP contribution in [0.15, 0.2) is 24.5 Å². The number of imide groups is 1. The summed E-state index contributed by atoms with van der Waals surface area (Å²) >= 11 is 0. The molecular formula is C20H23N7O3. The van der Waals surface area contributed by atoms with E-state index in [9.17, 15) is 14.4 Å². The van der Waals surface area contributed by atoms with Gasteiger partial charge in [-0.3, -0.25) is 29.7 Å². The van der Waals surface area contributed by atoms with Crippen LogP contribution in [-0.4, -0.2) is 56.5 Å². The van der Waals surface area contributed by atoms with Crippen molar-refractivity contribution in [2.24, 2.45) is 7.05 Å². The fraction of sp³-hybridized carbons (Fsp3) is 0.450. The van der Waals surface area contributed by atoms with E-state index in [0.717, 1.165) is 30.0 Å². The molecule has 3 amide bonds. The third kappa shape index (κ3) is 2.91. The van der Waals surface area contributed by atoms with Gasteiger partial charge in [-0.05, 0) is 17.5 Å². The second-order valence-corrected chi connectivity index (χ2v) is 8.10. The number of amides is 3. The molecule has 30 heavy (non-hydrogen) atoms. The van der Waals surface area contributed by atoms with Crippen molar-refractivity contribution in [3.8, 4) is 0 Å². The van der Waals surface area contributed by atoms with E-state index >= 15 is 0 Å². The van der Waals surface area contributed by atoms with Crippen LogP contribution in [0.2, 0.25) is 0 Å². The first-order valence-corrected chi connectivity index (χ1v) is 10.0. The van der Waals surface area contributed by atoms with Gasteiger partial charge in [-0.2, -0.15) is 5.10 Å². The minimum absolute atomic E-state index is 0.156. The molecule has 0 aliphatic carbocycles. The number of fused-ring (bicyclic) bond motifs is 1. The monoisotopic (exact) mass is 409 g/mol. The van der Waals surface area contributed by atoms with Gasteiger partial charge in [-0.1, -0.05) is 18.2 Å². The van der Waals surface area contributed by atoms with Gasteiger partial charge in [0.15, 0.2) is 0 Å². The highest BCUT2D eigenvalue weighted by molar-refractivity contribution is 6.05. The van der Waals surface area contributed by atoms with Crippen LogP contribution in [0.25, 0.3) is 0 Å². The molecule has 1 aromatic carbocycles. The van der Waals surface area contributed by atoms with E-state index in [2.05, 4.69) is 26.0 Å². The first-order valence-electron chi connectivity index (χ1n) is 10.0. The predicted molar refractivity (Wildman–Crippen MR) is 105 cm³/mol. The zero-order valence-corrected chi connectivity index (χ0v) is 16.6. The smallest absolute Gasteiger partial charge is 0.255 e. The number of nitrogens with one attached hydrogen (secondary N) is 3. The van der Waals surface area contributed by atoms with Crippen LogP contribution in [0.5, 0.6) is 0 Å². The van der Waals surface area contributed by atoms with Gasteiger partial charge in [0.05, 0.1) is 0 Å². The Kier molecular flexibility index (Phi) is 4.40. The molecule has 0 saturated carbocycles. The van der Waals surface area contributed by atoms with Gasteiger partial charge in [-0.15, -0.1) is 0 Å². The normalized spacial score (nSPS) is 22.6. The summed E-state index contributed by atoms with van der Waals surface area (Å²) in [4.78, 5) is 43.0. The van der Waals surface area contributed by atoms with Crippen LogP contribution in [-0.2, 0) is 35.3 Å². The Morgan fingerprint density at radius 3 is 2.77 bits per heavy atom. The van der Waals surface area contributed by atoms with Crippen molar-refractivity contribution in [3.05, 3.63) is 47.0 Å². The number of hydrogen-bond acceptors (Lipinski definition) is 7. The molecular weight excluding hydrogens is 386 g/mol. The second kappa shape index (κ2) is 6.99. The van der Waals surface area contributed by atoms with E-state index in [-0.39, 0.29) is 23.8 Å². The van der Waals surface area contributed by atoms with E-state index in [0.29, 0.717) is 25.1 Å². The minimum Gasteiger partial charge on any atom is -0.322 e. The van der Waals surface area contributed by atoms with Crippen molar-refractivity contribution in [3.63, 3.8) is 0 Å². The summed E-state index contributed by atoms with van der Waals surface area (Å²) in [6, 6.07) is 5.19. The molecule has 3 N–H and O–H groups in total. The van der Waals surface area contributed by atoms with Gasteiger partial charge >= 0.3 is 0 Å². The summed E-state index contributed by atoms with van der Waals surface area (Å²) in [5.74, 6) is 0.0176. The van der Waals surface area contributed by atoms with Crippen molar-refractivity contribution in [1.82, 2.24) is 35.6 Å². The van der Waals surface area contributed by atoms with Gasteiger partial charge in [-0.25, -0.2) is 4.98 Å². The zero-order chi connectivity index (χ0) is 20.9. The number of hydrogen-bond donors (Lipinski definition) is 3. The Balaban J connectivity index is 1.37. The number of nitrogens with zero attached hydrogens (tertiary/aromatic N) is 4. The predicted octanol–water partition coefficient (Wildman–Crippen LogP) is -0.836. The van der Waals surface area contributed by atoms with E-state index in [1.165, 1.54) is 0 Å². The summed E-state index contributed by atoms with van der Waals surface area (Å²) in [5, 5.41) is 13.4. The van der Waals surface area contributed by atoms with Crippen LogP contribution in [0.4, 0.5) is 0 Å². The molecule has 1 unspecified atom stereocenters. The van der Waals surface area contributed by atoms with Gasteiger partial charge in [0.2, 0.25) is 11.8 Å². The van der Waals surface area contributed by atoms with E-state index < -0.39 is 11.9 Å². The van der Waals surface area contributed by atoms with E-state index in [1.54, 1.807) is 15.9 Å². The zero-order valence-electron chi connectivity index (χ0n) is 16.6. The van der Waals surface area contributed by atoms with Crippen molar-refractivity contribution in [1.29, 1.82) is 0 Å². The highest BCUT2D eigenvalue weighted by Crippen LogP contribution is 2.31. The van der Waals surface area contributed by atoms with Crippen LogP contribution < -0.4 is 16.0 Å². The van der Waals surface area contributed by atoms with E-state index in [1.807, 2.05) is 25.2 Å². The van der Waals surface area contributed by atoms with Crippen LogP contribution in [0, 0.1) is 0 Å². The van der Waals surface area contributed by atoms with Gasteiger partial charge < -0.3 is 10.2 Å². The quantitative estimate of drug-likeness (QED) is 0.551. The lowest BCUT2D eigenvalue weighted by atomic mass is 9.90. The van der Waals surface area contributed by atoms with Crippen molar-refractivity contribution >= 4 is 17.7 Å². The number of aryl methyl sites for hydroxylation is 1. The van der Waals surface area contributed by atoms with Crippen LogP contribution >= 0.6 is 0 Å². The highest BCUT2D eigenvalue weighted by Gasteiger charge is 2.43. The molecule has 0 radical (unpaired) electrons. The van der Waals surface area contributed by atoms with Crippen molar-refractivity contribution < 1.29 is 14.4 Å². The van der Waals surface area contributed by atoms with Crippen LogP contribution in [0.1, 0.15) is 40.2 Å². The molecule has 156 valence electrons. The largest absolute Gasteiger partial charge is 0.322 e. The average molecular weight is 409 g/mol. The second-order valence-electron chi connectivity index (χ2n) is 8.10. The summed E-state index contributed by atoms with van der Waals surface area (Å²) in [6.07, 6.45) is 2.15. The molecule has 10 heteroatoms. The average Bonchev–Trinajstić information content (AvgIpc) is 3.26.